The molecule has 1 aliphatic heterocycles. The topological polar surface area (TPSA) is 105 Å². The maximum absolute atomic E-state index is 13.0. The fourth-order valence-electron chi connectivity index (χ4n) is 5.06. The maximum atomic E-state index is 13.0. The van der Waals surface area contributed by atoms with Crippen LogP contribution in [0.3, 0.4) is 0 Å². The van der Waals surface area contributed by atoms with Crippen LogP contribution in [0, 0.1) is 17.2 Å². The average Bonchev–Trinajstić information content (AvgIpc) is 2.66. The SMILES string of the molecule is CC1(C)CC(CC(=O)c2ccc(Oc3cccc(CC(N)=O)c3C#N)c(Cl)c2)CC(C)(C)N1. The summed E-state index contributed by atoms with van der Waals surface area (Å²) in [7, 11) is 0. The van der Waals surface area contributed by atoms with Crippen molar-refractivity contribution < 1.29 is 14.3 Å². The van der Waals surface area contributed by atoms with Crippen LogP contribution in [0.5, 0.6) is 11.5 Å². The molecule has 7 heteroatoms. The van der Waals surface area contributed by atoms with E-state index >= 15 is 0 Å². The number of nitrogens with zero attached hydrogens (tertiary/aromatic N) is 1. The van der Waals surface area contributed by atoms with Gasteiger partial charge in [-0.3, -0.25) is 9.59 Å². The zero-order valence-corrected chi connectivity index (χ0v) is 20.3. The molecule has 2 aromatic rings. The zero-order chi connectivity index (χ0) is 24.4. The Balaban J connectivity index is 1.76. The van der Waals surface area contributed by atoms with Gasteiger partial charge in [-0.15, -0.1) is 0 Å². The van der Waals surface area contributed by atoms with Gasteiger partial charge in [0.2, 0.25) is 5.91 Å². The summed E-state index contributed by atoms with van der Waals surface area (Å²) in [6.07, 6.45) is 2.25. The minimum atomic E-state index is -0.537. The first-order valence-corrected chi connectivity index (χ1v) is 11.4. The zero-order valence-electron chi connectivity index (χ0n) is 19.5. The Labute approximate surface area is 200 Å². The first-order valence-electron chi connectivity index (χ1n) is 11.0. The molecule has 0 aromatic heterocycles. The number of hydrogen-bond acceptors (Lipinski definition) is 5. The van der Waals surface area contributed by atoms with Gasteiger partial charge in [0, 0.05) is 23.1 Å². The second-order valence-corrected chi connectivity index (χ2v) is 10.5. The Morgan fingerprint density at radius 2 is 1.82 bits per heavy atom. The molecule has 0 spiro atoms. The summed E-state index contributed by atoms with van der Waals surface area (Å²) in [6.45, 7) is 8.68. The molecule has 0 radical (unpaired) electrons. The van der Waals surface area contributed by atoms with Gasteiger partial charge >= 0.3 is 0 Å². The van der Waals surface area contributed by atoms with Gasteiger partial charge in [0.15, 0.2) is 5.78 Å². The van der Waals surface area contributed by atoms with E-state index in [1.165, 1.54) is 0 Å². The molecular formula is C26H30ClN3O3. The van der Waals surface area contributed by atoms with Crippen LogP contribution in [0.15, 0.2) is 36.4 Å². The number of hydrogen-bond donors (Lipinski definition) is 2. The van der Waals surface area contributed by atoms with Crippen molar-refractivity contribution in [3.63, 3.8) is 0 Å². The highest BCUT2D eigenvalue weighted by Gasteiger charge is 2.38. The molecule has 3 rings (SSSR count). The van der Waals surface area contributed by atoms with E-state index in [1.807, 2.05) is 0 Å². The van der Waals surface area contributed by atoms with Crippen molar-refractivity contribution in [2.24, 2.45) is 11.7 Å². The summed E-state index contributed by atoms with van der Waals surface area (Å²) in [5, 5.41) is 13.5. The molecule has 0 bridgehead atoms. The lowest BCUT2D eigenvalue weighted by atomic mass is 9.74. The van der Waals surface area contributed by atoms with Crippen LogP contribution in [-0.2, 0) is 11.2 Å². The van der Waals surface area contributed by atoms with E-state index in [0.717, 1.165) is 12.8 Å². The number of ether oxygens (including phenoxy) is 1. The quantitative estimate of drug-likeness (QED) is 0.547. The van der Waals surface area contributed by atoms with E-state index in [4.69, 9.17) is 22.1 Å². The molecule has 1 heterocycles. The Morgan fingerprint density at radius 3 is 2.39 bits per heavy atom. The standard InChI is InChI=1S/C26H30ClN3O3/c1-25(2)13-16(14-26(3,4)30-25)10-21(31)18-8-9-23(20(27)11-18)33-22-7-5-6-17(12-24(29)32)19(22)15-28/h5-9,11,16,30H,10,12-14H2,1-4H3,(H2,29,32). The highest BCUT2D eigenvalue weighted by Crippen LogP contribution is 2.37. The second-order valence-electron chi connectivity index (χ2n) is 10.1. The van der Waals surface area contributed by atoms with Gasteiger partial charge in [-0.05, 0) is 76.3 Å². The summed E-state index contributed by atoms with van der Waals surface area (Å²) in [6, 6.07) is 12.0. The van der Waals surface area contributed by atoms with Crippen LogP contribution in [-0.4, -0.2) is 22.8 Å². The Hall–Kier alpha value is -2.88. The second kappa shape index (κ2) is 9.54. The van der Waals surface area contributed by atoms with Gasteiger partial charge in [-0.2, -0.15) is 5.26 Å². The highest BCUT2D eigenvalue weighted by molar-refractivity contribution is 6.32. The number of rotatable bonds is 7. The third-order valence-electron chi connectivity index (χ3n) is 5.81. The van der Waals surface area contributed by atoms with Crippen molar-refractivity contribution in [1.29, 1.82) is 5.26 Å². The van der Waals surface area contributed by atoms with Crippen molar-refractivity contribution in [3.8, 4) is 17.6 Å². The Morgan fingerprint density at radius 1 is 1.15 bits per heavy atom. The number of benzene rings is 2. The van der Waals surface area contributed by atoms with E-state index < -0.39 is 5.91 Å². The van der Waals surface area contributed by atoms with Crippen LogP contribution >= 0.6 is 11.6 Å². The van der Waals surface area contributed by atoms with E-state index in [0.29, 0.717) is 23.3 Å². The molecule has 0 saturated carbocycles. The molecule has 174 valence electrons. The summed E-state index contributed by atoms with van der Waals surface area (Å²) < 4.78 is 5.87. The molecule has 0 atom stereocenters. The molecule has 1 aliphatic rings. The van der Waals surface area contributed by atoms with Gasteiger partial charge in [0.05, 0.1) is 17.0 Å². The third-order valence-corrected chi connectivity index (χ3v) is 6.11. The lowest BCUT2D eigenvalue weighted by Crippen LogP contribution is -2.57. The summed E-state index contributed by atoms with van der Waals surface area (Å²) >= 11 is 6.43. The predicted octanol–water partition coefficient (Wildman–Crippen LogP) is 5.16. The van der Waals surface area contributed by atoms with Gasteiger partial charge in [-0.1, -0.05) is 23.7 Å². The fourth-order valence-corrected chi connectivity index (χ4v) is 5.28. The van der Waals surface area contributed by atoms with Gasteiger partial charge in [0.25, 0.3) is 0 Å². The molecule has 1 amide bonds. The van der Waals surface area contributed by atoms with Crippen molar-refractivity contribution in [2.45, 2.75) is 64.5 Å². The van der Waals surface area contributed by atoms with Crippen molar-refractivity contribution in [3.05, 3.63) is 58.1 Å². The molecule has 1 fully saturated rings. The van der Waals surface area contributed by atoms with Crippen LogP contribution < -0.4 is 15.8 Å². The monoisotopic (exact) mass is 467 g/mol. The minimum absolute atomic E-state index is 0.0243. The number of Topliss-reactive ketones (excluding diaryl/α,β-unsaturated/α-hetero) is 1. The lowest BCUT2D eigenvalue weighted by Gasteiger charge is -2.46. The van der Waals surface area contributed by atoms with Gasteiger partial charge < -0.3 is 15.8 Å². The maximum Gasteiger partial charge on any atom is 0.221 e. The van der Waals surface area contributed by atoms with Crippen LogP contribution in [0.25, 0.3) is 0 Å². The lowest BCUT2D eigenvalue weighted by molar-refractivity contribution is -0.117. The number of nitrogens with one attached hydrogen (secondary N) is 1. The number of carbonyl (C=O) groups is 2. The Bertz CT molecular complexity index is 1100. The van der Waals surface area contributed by atoms with Gasteiger partial charge in [-0.25, -0.2) is 0 Å². The number of primary amides is 1. The molecular weight excluding hydrogens is 438 g/mol. The first-order chi connectivity index (χ1) is 15.4. The molecule has 0 unspecified atom stereocenters. The van der Waals surface area contributed by atoms with Crippen LogP contribution in [0.4, 0.5) is 0 Å². The van der Waals surface area contributed by atoms with Crippen molar-refractivity contribution >= 4 is 23.3 Å². The molecule has 3 N–H and O–H groups in total. The highest BCUT2D eigenvalue weighted by atomic mass is 35.5. The van der Waals surface area contributed by atoms with E-state index in [9.17, 15) is 14.9 Å². The summed E-state index contributed by atoms with van der Waals surface area (Å²) in [5.41, 5.74) is 6.46. The molecule has 33 heavy (non-hydrogen) atoms. The average molecular weight is 468 g/mol. The number of nitrogens with two attached hydrogens (primary N) is 1. The molecule has 2 aromatic carbocycles. The van der Waals surface area contributed by atoms with Crippen molar-refractivity contribution in [1.82, 2.24) is 5.32 Å². The number of carbonyl (C=O) groups excluding carboxylic acids is 2. The third kappa shape index (κ3) is 6.34. The predicted molar refractivity (Wildman–Crippen MR) is 129 cm³/mol. The summed E-state index contributed by atoms with van der Waals surface area (Å²) in [4.78, 5) is 24.3. The number of halogens is 1. The van der Waals surface area contributed by atoms with E-state index in [1.54, 1.807) is 36.4 Å². The fraction of sp³-hybridized carbons (Fsp3) is 0.423. The van der Waals surface area contributed by atoms with Crippen LogP contribution in [0.1, 0.15) is 68.4 Å². The molecule has 1 saturated heterocycles. The normalized spacial score (nSPS) is 17.2. The van der Waals surface area contributed by atoms with E-state index in [2.05, 4.69) is 39.1 Å². The molecule has 6 nitrogen and oxygen atoms in total. The molecule has 0 aliphatic carbocycles. The minimum Gasteiger partial charge on any atom is -0.454 e. The van der Waals surface area contributed by atoms with Crippen molar-refractivity contribution in [2.75, 3.05) is 0 Å². The largest absolute Gasteiger partial charge is 0.454 e. The van der Waals surface area contributed by atoms with Gasteiger partial charge in [0.1, 0.15) is 17.6 Å². The smallest absolute Gasteiger partial charge is 0.221 e. The number of amides is 1. The first kappa shape index (κ1) is 24.8. The number of nitriles is 1. The number of ketones is 1. The number of piperidine rings is 1. The Kier molecular flexibility index (Phi) is 7.16. The van der Waals surface area contributed by atoms with E-state index in [-0.39, 0.29) is 45.5 Å². The van der Waals surface area contributed by atoms with Crippen LogP contribution in [0.2, 0.25) is 5.02 Å². The summed E-state index contributed by atoms with van der Waals surface area (Å²) in [5.74, 6) is 0.388.